The molecule has 6 heteroatoms. The number of hydrogen-bond donors (Lipinski definition) is 2. The lowest BCUT2D eigenvalue weighted by atomic mass is 9.84. The Morgan fingerprint density at radius 1 is 1.00 bits per heavy atom. The van der Waals surface area contributed by atoms with Gasteiger partial charge in [0.1, 0.15) is 0 Å². The van der Waals surface area contributed by atoms with Gasteiger partial charge in [-0.05, 0) is 87.3 Å². The number of carbonyl (C=O) groups excluding carboxylic acids is 1. The van der Waals surface area contributed by atoms with E-state index in [1.165, 1.54) is 19.3 Å². The van der Waals surface area contributed by atoms with E-state index in [4.69, 9.17) is 0 Å². The first kappa shape index (κ1) is 20.1. The zero-order valence-electron chi connectivity index (χ0n) is 16.9. The van der Waals surface area contributed by atoms with Gasteiger partial charge in [-0.25, -0.2) is 13.1 Å². The summed E-state index contributed by atoms with van der Waals surface area (Å²) in [5.74, 6) is 1.67. The van der Waals surface area contributed by atoms with Crippen LogP contribution < -0.4 is 10.0 Å². The van der Waals surface area contributed by atoms with Gasteiger partial charge >= 0.3 is 0 Å². The summed E-state index contributed by atoms with van der Waals surface area (Å²) in [6.07, 6.45) is 4.93. The van der Waals surface area contributed by atoms with Crippen molar-refractivity contribution in [2.24, 2.45) is 17.8 Å². The van der Waals surface area contributed by atoms with Crippen molar-refractivity contribution in [1.82, 2.24) is 4.72 Å². The van der Waals surface area contributed by atoms with E-state index in [9.17, 15) is 13.2 Å². The smallest absolute Gasteiger partial charge is 0.255 e. The SMILES string of the molecule is Cc1ccc(C(=O)Nc2ccc(S(=O)(=O)N[C@@H](C)[C@@H]3C[C@@H]4CC[C@@H]3C4)cc2)cc1. The normalized spacial score (nSPS) is 24.4. The minimum absolute atomic E-state index is 0.0591. The van der Waals surface area contributed by atoms with Gasteiger partial charge in [0.25, 0.3) is 5.91 Å². The first-order chi connectivity index (χ1) is 13.8. The molecule has 4 atom stereocenters. The number of fused-ring (bicyclic) bond motifs is 2. The molecule has 0 unspecified atom stereocenters. The molecule has 2 bridgehead atoms. The molecular weight excluding hydrogens is 384 g/mol. The molecule has 0 aromatic heterocycles. The van der Waals surface area contributed by atoms with Gasteiger partial charge in [0.05, 0.1) is 4.90 Å². The van der Waals surface area contributed by atoms with Crippen molar-refractivity contribution in [3.05, 3.63) is 59.7 Å². The van der Waals surface area contributed by atoms with E-state index < -0.39 is 10.0 Å². The highest BCUT2D eigenvalue weighted by molar-refractivity contribution is 7.89. The average Bonchev–Trinajstić information content (AvgIpc) is 3.32. The van der Waals surface area contributed by atoms with Crippen molar-refractivity contribution in [1.29, 1.82) is 0 Å². The summed E-state index contributed by atoms with van der Waals surface area (Å²) in [5.41, 5.74) is 2.22. The van der Waals surface area contributed by atoms with Gasteiger partial charge in [-0.15, -0.1) is 0 Å². The molecule has 1 amide bonds. The summed E-state index contributed by atoms with van der Waals surface area (Å²) in [6, 6.07) is 13.6. The number of sulfonamides is 1. The van der Waals surface area contributed by atoms with Crippen LogP contribution in [0, 0.1) is 24.7 Å². The summed E-state index contributed by atoms with van der Waals surface area (Å²) in [5, 5.41) is 2.81. The minimum atomic E-state index is -3.58. The minimum Gasteiger partial charge on any atom is -0.322 e. The van der Waals surface area contributed by atoms with Crippen LogP contribution in [0.1, 0.15) is 48.5 Å². The quantitative estimate of drug-likeness (QED) is 0.741. The first-order valence-electron chi connectivity index (χ1n) is 10.3. The molecular formula is C23H28N2O3S. The molecule has 154 valence electrons. The maximum Gasteiger partial charge on any atom is 0.255 e. The predicted octanol–water partition coefficient (Wildman–Crippen LogP) is 4.35. The number of amides is 1. The molecule has 0 aliphatic heterocycles. The highest BCUT2D eigenvalue weighted by Crippen LogP contribution is 2.49. The van der Waals surface area contributed by atoms with Gasteiger partial charge in [0.2, 0.25) is 10.0 Å². The lowest BCUT2D eigenvalue weighted by Crippen LogP contribution is -2.40. The number of carbonyl (C=O) groups is 1. The lowest BCUT2D eigenvalue weighted by molar-refractivity contribution is 0.102. The number of benzene rings is 2. The van der Waals surface area contributed by atoms with Crippen LogP contribution >= 0.6 is 0 Å². The third-order valence-electron chi connectivity index (χ3n) is 6.51. The molecule has 29 heavy (non-hydrogen) atoms. The van der Waals surface area contributed by atoms with Crippen molar-refractivity contribution in [2.75, 3.05) is 5.32 Å². The molecule has 0 heterocycles. The number of nitrogens with one attached hydrogen (secondary N) is 2. The lowest BCUT2D eigenvalue weighted by Gasteiger charge is -2.28. The van der Waals surface area contributed by atoms with Crippen LogP contribution in [0.3, 0.4) is 0 Å². The van der Waals surface area contributed by atoms with Crippen LogP contribution in [0.2, 0.25) is 0 Å². The largest absolute Gasteiger partial charge is 0.322 e. The van der Waals surface area contributed by atoms with Gasteiger partial charge < -0.3 is 5.32 Å². The number of anilines is 1. The molecule has 0 saturated heterocycles. The van der Waals surface area contributed by atoms with Crippen molar-refractivity contribution < 1.29 is 13.2 Å². The van der Waals surface area contributed by atoms with Crippen molar-refractivity contribution in [2.45, 2.75) is 50.5 Å². The van der Waals surface area contributed by atoms with Crippen LogP contribution in [0.5, 0.6) is 0 Å². The molecule has 2 aromatic rings. The van der Waals surface area contributed by atoms with E-state index in [0.29, 0.717) is 23.1 Å². The molecule has 2 aliphatic carbocycles. The van der Waals surface area contributed by atoms with E-state index in [1.807, 2.05) is 26.0 Å². The maximum atomic E-state index is 12.8. The van der Waals surface area contributed by atoms with Gasteiger partial charge in [-0.1, -0.05) is 24.1 Å². The topological polar surface area (TPSA) is 75.3 Å². The van der Waals surface area contributed by atoms with Crippen LogP contribution in [0.25, 0.3) is 0 Å². The Hall–Kier alpha value is -2.18. The van der Waals surface area contributed by atoms with Gasteiger partial charge in [0, 0.05) is 17.3 Å². The van der Waals surface area contributed by atoms with Gasteiger partial charge in [0.15, 0.2) is 0 Å². The standard InChI is InChI=1S/C23H28N2O3S/c1-15-3-6-18(7-4-15)23(26)24-20-9-11-21(12-10-20)29(27,28)25-16(2)22-14-17-5-8-19(22)13-17/h3-4,6-7,9-12,16-17,19,22,25H,5,8,13-14H2,1-2H3,(H,24,26)/t16-,17+,19+,22-/m0/s1. The summed E-state index contributed by atoms with van der Waals surface area (Å²) >= 11 is 0. The monoisotopic (exact) mass is 412 g/mol. The van der Waals surface area contributed by atoms with Gasteiger partial charge in [-0.2, -0.15) is 0 Å². The number of rotatable bonds is 6. The second-order valence-electron chi connectivity index (χ2n) is 8.59. The Morgan fingerprint density at radius 2 is 1.69 bits per heavy atom. The van der Waals surface area contributed by atoms with Crippen molar-refractivity contribution in [3.8, 4) is 0 Å². The predicted molar refractivity (Wildman–Crippen MR) is 114 cm³/mol. The van der Waals surface area contributed by atoms with Crippen LogP contribution in [-0.2, 0) is 10.0 Å². The third-order valence-corrected chi connectivity index (χ3v) is 8.09. The molecule has 2 saturated carbocycles. The average molecular weight is 413 g/mol. The second kappa shape index (κ2) is 7.92. The molecule has 2 aliphatic rings. The van der Waals surface area contributed by atoms with Gasteiger partial charge in [-0.3, -0.25) is 4.79 Å². The zero-order valence-corrected chi connectivity index (χ0v) is 17.7. The zero-order chi connectivity index (χ0) is 20.6. The Kier molecular flexibility index (Phi) is 5.49. The fraction of sp³-hybridized carbons (Fsp3) is 0.435. The first-order valence-corrected chi connectivity index (χ1v) is 11.8. The highest BCUT2D eigenvalue weighted by Gasteiger charge is 2.42. The molecule has 0 radical (unpaired) electrons. The Morgan fingerprint density at radius 3 is 2.28 bits per heavy atom. The maximum absolute atomic E-state index is 12.8. The second-order valence-corrected chi connectivity index (χ2v) is 10.3. The number of aryl methyl sites for hydroxylation is 1. The highest BCUT2D eigenvalue weighted by atomic mass is 32.2. The molecule has 4 rings (SSSR count). The molecule has 5 nitrogen and oxygen atoms in total. The Bertz CT molecular complexity index is 984. The summed E-state index contributed by atoms with van der Waals surface area (Å²) in [4.78, 5) is 12.5. The fourth-order valence-electron chi connectivity index (χ4n) is 4.93. The fourth-order valence-corrected chi connectivity index (χ4v) is 6.23. The summed E-state index contributed by atoms with van der Waals surface area (Å²) in [7, 11) is -3.58. The van der Waals surface area contributed by atoms with E-state index in [1.54, 1.807) is 36.4 Å². The third kappa shape index (κ3) is 4.38. The van der Waals surface area contributed by atoms with Crippen molar-refractivity contribution in [3.63, 3.8) is 0 Å². The Labute approximate surface area is 173 Å². The van der Waals surface area contributed by atoms with Crippen molar-refractivity contribution >= 4 is 21.6 Å². The van der Waals surface area contributed by atoms with Crippen LogP contribution in [-0.4, -0.2) is 20.4 Å². The molecule has 2 aromatic carbocycles. The summed E-state index contributed by atoms with van der Waals surface area (Å²) in [6.45, 7) is 3.95. The number of hydrogen-bond acceptors (Lipinski definition) is 3. The van der Waals surface area contributed by atoms with Crippen LogP contribution in [0.15, 0.2) is 53.4 Å². The molecule has 2 N–H and O–H groups in total. The summed E-state index contributed by atoms with van der Waals surface area (Å²) < 4.78 is 28.5. The van der Waals surface area contributed by atoms with Crippen LogP contribution in [0.4, 0.5) is 5.69 Å². The van der Waals surface area contributed by atoms with E-state index >= 15 is 0 Å². The Balaban J connectivity index is 1.40. The van der Waals surface area contributed by atoms with E-state index in [0.717, 1.165) is 17.9 Å². The van der Waals surface area contributed by atoms with E-state index in [-0.39, 0.29) is 16.8 Å². The molecule has 0 spiro atoms. The molecule has 2 fully saturated rings. The van der Waals surface area contributed by atoms with E-state index in [2.05, 4.69) is 10.0 Å².